The number of carbonyl (C=O) groups is 2. The Labute approximate surface area is 134 Å². The van der Waals surface area contributed by atoms with E-state index in [-0.39, 0.29) is 18.2 Å². The summed E-state index contributed by atoms with van der Waals surface area (Å²) in [5.74, 6) is -1.25. The highest BCUT2D eigenvalue weighted by Gasteiger charge is 2.27. The fraction of sp³-hybridized carbons (Fsp3) is 0.412. The topological polar surface area (TPSA) is 94.2 Å². The van der Waals surface area contributed by atoms with Crippen molar-refractivity contribution in [2.45, 2.75) is 25.3 Å². The molecular weight excluding hydrogens is 294 g/mol. The Morgan fingerprint density at radius 3 is 2.74 bits per heavy atom. The van der Waals surface area contributed by atoms with Gasteiger partial charge in [-0.15, -0.1) is 0 Å². The first-order chi connectivity index (χ1) is 11.1. The van der Waals surface area contributed by atoms with E-state index in [2.05, 4.69) is 15.6 Å². The van der Waals surface area contributed by atoms with E-state index in [1.165, 1.54) is 0 Å². The zero-order valence-electron chi connectivity index (χ0n) is 12.8. The maximum atomic E-state index is 12.3. The summed E-state index contributed by atoms with van der Waals surface area (Å²) in [4.78, 5) is 27.0. The lowest BCUT2D eigenvalue weighted by Gasteiger charge is -2.23. The minimum absolute atomic E-state index is 0.0962. The van der Waals surface area contributed by atoms with Gasteiger partial charge < -0.3 is 20.7 Å². The summed E-state index contributed by atoms with van der Waals surface area (Å²) >= 11 is 0. The molecule has 122 valence electrons. The number of para-hydroxylation sites is 1. The van der Waals surface area contributed by atoms with E-state index in [1.807, 2.05) is 30.5 Å². The maximum Gasteiger partial charge on any atom is 0.326 e. The van der Waals surface area contributed by atoms with E-state index < -0.39 is 12.0 Å². The van der Waals surface area contributed by atoms with Crippen LogP contribution in [0.3, 0.4) is 0 Å². The van der Waals surface area contributed by atoms with E-state index >= 15 is 0 Å². The Kier molecular flexibility index (Phi) is 4.62. The van der Waals surface area contributed by atoms with Gasteiger partial charge in [0.2, 0.25) is 5.91 Å². The second-order valence-corrected chi connectivity index (χ2v) is 5.99. The highest BCUT2D eigenvalue weighted by molar-refractivity contribution is 5.87. The number of hydrogen-bond acceptors (Lipinski definition) is 3. The molecule has 6 heteroatoms. The number of carboxylic acids is 1. The summed E-state index contributed by atoms with van der Waals surface area (Å²) in [5.41, 5.74) is 1.87. The molecule has 1 aromatic carbocycles. The number of rotatable bonds is 5. The standard InChI is InChI=1S/C17H21N3O3/c21-16(11-5-7-18-8-6-11)20-15(17(22)23)9-12-10-19-14-4-2-1-3-13(12)14/h1-4,10-11,15,18-19H,5-9H2,(H,20,21)(H,22,23)/t15-/m0/s1. The normalized spacial score (nSPS) is 17.0. The first-order valence-electron chi connectivity index (χ1n) is 7.94. The van der Waals surface area contributed by atoms with Gasteiger partial charge in [0.25, 0.3) is 0 Å². The fourth-order valence-corrected chi connectivity index (χ4v) is 3.09. The molecule has 1 aliphatic heterocycles. The van der Waals surface area contributed by atoms with Crippen molar-refractivity contribution in [1.82, 2.24) is 15.6 Å². The molecule has 1 fully saturated rings. The number of piperidine rings is 1. The van der Waals surface area contributed by atoms with Crippen LogP contribution in [-0.4, -0.2) is 41.1 Å². The van der Waals surface area contributed by atoms with E-state index in [0.717, 1.165) is 42.4 Å². The monoisotopic (exact) mass is 315 g/mol. The number of carboxylic acid groups (broad SMARTS) is 1. The summed E-state index contributed by atoms with van der Waals surface area (Å²) < 4.78 is 0. The minimum atomic E-state index is -1.00. The largest absolute Gasteiger partial charge is 0.480 e. The third kappa shape index (κ3) is 3.53. The van der Waals surface area contributed by atoms with Crippen molar-refractivity contribution in [3.63, 3.8) is 0 Å². The van der Waals surface area contributed by atoms with Crippen molar-refractivity contribution in [2.24, 2.45) is 5.92 Å². The predicted octanol–water partition coefficient (Wildman–Crippen LogP) is 1.28. The predicted molar refractivity (Wildman–Crippen MR) is 87.2 cm³/mol. The highest BCUT2D eigenvalue weighted by atomic mass is 16.4. The van der Waals surface area contributed by atoms with Crippen LogP contribution in [0.2, 0.25) is 0 Å². The zero-order valence-corrected chi connectivity index (χ0v) is 12.8. The van der Waals surface area contributed by atoms with Crippen LogP contribution in [0.1, 0.15) is 18.4 Å². The van der Waals surface area contributed by atoms with Crippen LogP contribution in [0.4, 0.5) is 0 Å². The number of hydrogen-bond donors (Lipinski definition) is 4. The Balaban J connectivity index is 1.71. The van der Waals surface area contributed by atoms with Gasteiger partial charge in [-0.05, 0) is 37.6 Å². The fourth-order valence-electron chi connectivity index (χ4n) is 3.09. The van der Waals surface area contributed by atoms with Gasteiger partial charge in [0.05, 0.1) is 0 Å². The molecule has 0 unspecified atom stereocenters. The van der Waals surface area contributed by atoms with Gasteiger partial charge >= 0.3 is 5.97 Å². The van der Waals surface area contributed by atoms with Crippen molar-refractivity contribution >= 4 is 22.8 Å². The number of aliphatic carboxylic acids is 1. The lowest BCUT2D eigenvalue weighted by molar-refractivity contribution is -0.142. The molecule has 1 atom stereocenters. The van der Waals surface area contributed by atoms with Gasteiger partial charge in [0, 0.05) is 29.4 Å². The Hall–Kier alpha value is -2.34. The SMILES string of the molecule is O=C(N[C@@H](Cc1c[nH]c2ccccc12)C(=O)O)C1CCNCC1. The summed E-state index contributed by atoms with van der Waals surface area (Å²) in [7, 11) is 0. The van der Waals surface area contributed by atoms with Gasteiger partial charge in [-0.2, -0.15) is 0 Å². The molecule has 3 rings (SSSR count). The first-order valence-corrected chi connectivity index (χ1v) is 7.94. The van der Waals surface area contributed by atoms with Crippen molar-refractivity contribution in [3.8, 4) is 0 Å². The Bertz CT molecular complexity index is 704. The number of benzene rings is 1. The first kappa shape index (κ1) is 15.6. The van der Waals surface area contributed by atoms with Gasteiger partial charge in [-0.3, -0.25) is 4.79 Å². The van der Waals surface area contributed by atoms with Crippen LogP contribution in [0.15, 0.2) is 30.5 Å². The number of H-pyrrole nitrogens is 1. The van der Waals surface area contributed by atoms with Gasteiger partial charge in [-0.25, -0.2) is 4.79 Å². The average Bonchev–Trinajstić information content (AvgIpc) is 2.98. The van der Waals surface area contributed by atoms with Crippen molar-refractivity contribution < 1.29 is 14.7 Å². The molecule has 2 heterocycles. The van der Waals surface area contributed by atoms with E-state index in [4.69, 9.17) is 0 Å². The molecule has 1 saturated heterocycles. The molecule has 6 nitrogen and oxygen atoms in total. The molecule has 0 spiro atoms. The minimum Gasteiger partial charge on any atom is -0.480 e. The van der Waals surface area contributed by atoms with Gasteiger partial charge in [0.15, 0.2) is 0 Å². The summed E-state index contributed by atoms with van der Waals surface area (Å²) in [6.07, 6.45) is 3.60. The lowest BCUT2D eigenvalue weighted by atomic mass is 9.96. The van der Waals surface area contributed by atoms with Gasteiger partial charge in [-0.1, -0.05) is 18.2 Å². The molecule has 0 radical (unpaired) electrons. The van der Waals surface area contributed by atoms with E-state index in [9.17, 15) is 14.7 Å². The average molecular weight is 315 g/mol. The van der Waals surface area contributed by atoms with Crippen molar-refractivity contribution in [3.05, 3.63) is 36.0 Å². The van der Waals surface area contributed by atoms with Crippen LogP contribution in [0, 0.1) is 5.92 Å². The molecular formula is C17H21N3O3. The molecule has 1 aliphatic rings. The van der Waals surface area contributed by atoms with Crippen LogP contribution in [0.25, 0.3) is 10.9 Å². The summed E-state index contributed by atoms with van der Waals surface area (Å²) in [6, 6.07) is 6.84. The number of aromatic amines is 1. The molecule has 23 heavy (non-hydrogen) atoms. The smallest absolute Gasteiger partial charge is 0.326 e. The van der Waals surface area contributed by atoms with E-state index in [0.29, 0.717) is 0 Å². The van der Waals surface area contributed by atoms with E-state index in [1.54, 1.807) is 0 Å². The number of aromatic nitrogens is 1. The van der Waals surface area contributed by atoms with Crippen molar-refractivity contribution in [2.75, 3.05) is 13.1 Å². The Morgan fingerprint density at radius 1 is 1.26 bits per heavy atom. The molecule has 1 amide bonds. The highest BCUT2D eigenvalue weighted by Crippen LogP contribution is 2.19. The van der Waals surface area contributed by atoms with Crippen LogP contribution in [-0.2, 0) is 16.0 Å². The number of amides is 1. The molecule has 1 aromatic heterocycles. The van der Waals surface area contributed by atoms with Gasteiger partial charge in [0.1, 0.15) is 6.04 Å². The molecule has 2 aromatic rings. The quantitative estimate of drug-likeness (QED) is 0.668. The third-order valence-electron chi connectivity index (χ3n) is 4.42. The van der Waals surface area contributed by atoms with Crippen molar-refractivity contribution in [1.29, 1.82) is 0 Å². The van der Waals surface area contributed by atoms with Crippen LogP contribution >= 0.6 is 0 Å². The second-order valence-electron chi connectivity index (χ2n) is 5.99. The summed E-state index contributed by atoms with van der Waals surface area (Å²) in [5, 5.41) is 16.4. The number of fused-ring (bicyclic) bond motifs is 1. The zero-order chi connectivity index (χ0) is 16.2. The lowest BCUT2D eigenvalue weighted by Crippen LogP contribution is -2.46. The van der Waals surface area contributed by atoms with Crippen LogP contribution in [0.5, 0.6) is 0 Å². The molecule has 0 saturated carbocycles. The van der Waals surface area contributed by atoms with Crippen LogP contribution < -0.4 is 10.6 Å². The second kappa shape index (κ2) is 6.83. The maximum absolute atomic E-state index is 12.3. The summed E-state index contributed by atoms with van der Waals surface area (Å²) in [6.45, 7) is 1.61. The third-order valence-corrected chi connectivity index (χ3v) is 4.42. The number of carbonyl (C=O) groups excluding carboxylic acids is 1. The molecule has 4 N–H and O–H groups in total. The number of nitrogens with one attached hydrogen (secondary N) is 3. The Morgan fingerprint density at radius 2 is 2.00 bits per heavy atom. The molecule has 0 bridgehead atoms. The molecule has 0 aliphatic carbocycles.